The molecule has 0 bridgehead atoms. The molecule has 9 rings (SSSR count). The molecule has 7 aromatic carbocycles. The van der Waals surface area contributed by atoms with Crippen molar-refractivity contribution in [2.45, 2.75) is 6.04 Å². The van der Waals surface area contributed by atoms with Gasteiger partial charge in [-0.2, -0.15) is 0 Å². The first-order valence-electron chi connectivity index (χ1n) is 14.6. The summed E-state index contributed by atoms with van der Waals surface area (Å²) in [7, 11) is 0. The van der Waals surface area contributed by atoms with Gasteiger partial charge in [0.2, 0.25) is 0 Å². The van der Waals surface area contributed by atoms with Crippen LogP contribution in [0, 0.1) is 0 Å². The minimum absolute atomic E-state index is 0.235. The van der Waals surface area contributed by atoms with Gasteiger partial charge in [0.25, 0.3) is 0 Å². The lowest BCUT2D eigenvalue weighted by molar-refractivity contribution is 0.746. The van der Waals surface area contributed by atoms with Crippen LogP contribution in [0.15, 0.2) is 152 Å². The van der Waals surface area contributed by atoms with Gasteiger partial charge in [0.05, 0.1) is 6.04 Å². The van der Waals surface area contributed by atoms with Gasteiger partial charge < -0.3 is 5.32 Å². The number of dihydropyridines is 1. The smallest absolute Gasteiger partial charge is 0.0695 e. The Morgan fingerprint density at radius 1 is 0.429 bits per heavy atom. The van der Waals surface area contributed by atoms with E-state index in [0.29, 0.717) is 0 Å². The largest absolute Gasteiger partial charge is 0.381 e. The zero-order valence-corrected chi connectivity index (χ0v) is 23.0. The second kappa shape index (κ2) is 9.06. The van der Waals surface area contributed by atoms with Crippen molar-refractivity contribution in [3.05, 3.63) is 157 Å². The second-order valence-corrected chi connectivity index (χ2v) is 11.4. The lowest BCUT2D eigenvalue weighted by atomic mass is 9.92. The molecule has 1 unspecified atom stereocenters. The van der Waals surface area contributed by atoms with Gasteiger partial charge in [0.15, 0.2) is 0 Å². The normalized spacial score (nSPS) is 14.9. The third-order valence-electron chi connectivity index (χ3n) is 9.08. The van der Waals surface area contributed by atoms with E-state index in [9.17, 15) is 0 Å². The highest BCUT2D eigenvalue weighted by molar-refractivity contribution is 6.19. The molecule has 42 heavy (non-hydrogen) atoms. The second-order valence-electron chi connectivity index (χ2n) is 11.4. The maximum atomic E-state index is 3.40. The predicted molar refractivity (Wildman–Crippen MR) is 178 cm³/mol. The number of allylic oxidation sites excluding steroid dienone is 2. The third kappa shape index (κ3) is 3.50. The molecule has 1 heteroatoms. The van der Waals surface area contributed by atoms with Crippen molar-refractivity contribution < 1.29 is 0 Å². The molecule has 196 valence electrons. The first kappa shape index (κ1) is 23.3. The number of nitrogens with one attached hydrogen (secondary N) is 1. The fraction of sp³-hybridized carbons (Fsp3) is 0.0244. The van der Waals surface area contributed by atoms with E-state index in [4.69, 9.17) is 0 Å². The monoisotopic (exact) mass is 533 g/mol. The Morgan fingerprint density at radius 2 is 1.07 bits per heavy atom. The van der Waals surface area contributed by atoms with E-state index in [1.54, 1.807) is 0 Å². The molecular formula is C41H27N. The average Bonchev–Trinajstić information content (AvgIpc) is 3.40. The predicted octanol–water partition coefficient (Wildman–Crippen LogP) is 10.8. The van der Waals surface area contributed by atoms with Gasteiger partial charge in [-0.25, -0.2) is 0 Å². The highest BCUT2D eigenvalue weighted by atomic mass is 14.9. The molecule has 0 aromatic heterocycles. The lowest BCUT2D eigenvalue weighted by Gasteiger charge is -2.16. The SMILES string of the molecule is C1=CNC(c2ccc(-c3ccc4c(ccc5cc(-c6ccc7c8c(cccc68)-c6ccccc6-7)ccc54)c3)cc2)C=C1. The number of benzene rings is 7. The lowest BCUT2D eigenvalue weighted by Crippen LogP contribution is -2.14. The number of fused-ring (bicyclic) bond motifs is 6. The standard InChI is InChI=1S/C41H27N/c1-2-7-36-35(6-1)38-9-5-8-37-34(21-22-39(36)41(37)38)31-18-20-33-30(25-31)16-15-29-24-28(17-19-32(29)33)26-11-13-27(14-12-26)40-10-3-4-23-42-40/h1-25,40,42H. The summed E-state index contributed by atoms with van der Waals surface area (Å²) in [5.74, 6) is 0. The van der Waals surface area contributed by atoms with Crippen LogP contribution in [0.5, 0.6) is 0 Å². The zero-order chi connectivity index (χ0) is 27.6. The van der Waals surface area contributed by atoms with Crippen molar-refractivity contribution in [3.63, 3.8) is 0 Å². The molecule has 1 nitrogen and oxygen atoms in total. The summed E-state index contributed by atoms with van der Waals surface area (Å²) in [5, 5.41) is 11.2. The summed E-state index contributed by atoms with van der Waals surface area (Å²) < 4.78 is 0. The molecule has 2 aliphatic rings. The molecule has 0 amide bonds. The van der Waals surface area contributed by atoms with Crippen LogP contribution in [0.25, 0.3) is 76.8 Å². The Hall–Kier alpha value is -5.40. The van der Waals surface area contributed by atoms with Crippen molar-refractivity contribution in [3.8, 4) is 44.5 Å². The van der Waals surface area contributed by atoms with Gasteiger partial charge in [0.1, 0.15) is 0 Å². The summed E-state index contributed by atoms with van der Waals surface area (Å²) >= 11 is 0. The summed E-state index contributed by atoms with van der Waals surface area (Å²) in [4.78, 5) is 0. The van der Waals surface area contributed by atoms with Crippen LogP contribution in [0.2, 0.25) is 0 Å². The van der Waals surface area contributed by atoms with E-state index < -0.39 is 0 Å². The molecule has 1 aliphatic carbocycles. The molecule has 0 fully saturated rings. The summed E-state index contributed by atoms with van der Waals surface area (Å²) in [6.07, 6.45) is 8.31. The van der Waals surface area contributed by atoms with Crippen molar-refractivity contribution in [1.29, 1.82) is 0 Å². The van der Waals surface area contributed by atoms with E-state index in [-0.39, 0.29) is 6.04 Å². The van der Waals surface area contributed by atoms with Crippen LogP contribution in [-0.4, -0.2) is 0 Å². The maximum absolute atomic E-state index is 3.40. The third-order valence-corrected chi connectivity index (χ3v) is 9.08. The van der Waals surface area contributed by atoms with E-state index in [0.717, 1.165) is 0 Å². The number of rotatable bonds is 3. The van der Waals surface area contributed by atoms with Gasteiger partial charge in [-0.1, -0.05) is 127 Å². The van der Waals surface area contributed by atoms with Gasteiger partial charge in [-0.15, -0.1) is 0 Å². The van der Waals surface area contributed by atoms with Crippen LogP contribution in [0.4, 0.5) is 0 Å². The van der Waals surface area contributed by atoms with Crippen molar-refractivity contribution in [1.82, 2.24) is 5.32 Å². The molecule has 1 atom stereocenters. The highest BCUT2D eigenvalue weighted by Crippen LogP contribution is 2.49. The Balaban J connectivity index is 1.10. The highest BCUT2D eigenvalue weighted by Gasteiger charge is 2.22. The Kier molecular flexibility index (Phi) is 5.03. The quantitative estimate of drug-likeness (QED) is 0.223. The molecule has 0 spiro atoms. The van der Waals surface area contributed by atoms with Gasteiger partial charge in [-0.05, 0) is 107 Å². The average molecular weight is 534 g/mol. The van der Waals surface area contributed by atoms with E-state index in [2.05, 4.69) is 145 Å². The first-order valence-corrected chi connectivity index (χ1v) is 14.6. The van der Waals surface area contributed by atoms with Crippen molar-refractivity contribution in [2.24, 2.45) is 0 Å². The van der Waals surface area contributed by atoms with Crippen molar-refractivity contribution >= 4 is 32.3 Å². The van der Waals surface area contributed by atoms with Gasteiger partial charge in [-0.3, -0.25) is 0 Å². The molecule has 0 saturated carbocycles. The molecule has 1 heterocycles. The Labute approximate surface area is 245 Å². The molecular weight excluding hydrogens is 506 g/mol. The molecule has 0 saturated heterocycles. The fourth-order valence-corrected chi connectivity index (χ4v) is 7.01. The fourth-order valence-electron chi connectivity index (χ4n) is 7.01. The molecule has 0 radical (unpaired) electrons. The summed E-state index contributed by atoms with van der Waals surface area (Å²) in [6, 6.07) is 47.6. The van der Waals surface area contributed by atoms with Crippen LogP contribution in [0.1, 0.15) is 11.6 Å². The minimum atomic E-state index is 0.235. The van der Waals surface area contributed by atoms with E-state index >= 15 is 0 Å². The number of hydrogen-bond acceptors (Lipinski definition) is 1. The van der Waals surface area contributed by atoms with Crippen molar-refractivity contribution in [2.75, 3.05) is 0 Å². The van der Waals surface area contributed by atoms with Gasteiger partial charge in [0, 0.05) is 0 Å². The molecule has 7 aromatic rings. The topological polar surface area (TPSA) is 12.0 Å². The minimum Gasteiger partial charge on any atom is -0.381 e. The first-order chi connectivity index (χ1) is 20.8. The summed E-state index contributed by atoms with van der Waals surface area (Å²) in [5.41, 5.74) is 11.7. The van der Waals surface area contributed by atoms with Crippen LogP contribution < -0.4 is 5.32 Å². The van der Waals surface area contributed by atoms with Crippen LogP contribution >= 0.6 is 0 Å². The van der Waals surface area contributed by atoms with Gasteiger partial charge >= 0.3 is 0 Å². The zero-order valence-electron chi connectivity index (χ0n) is 23.0. The summed E-state index contributed by atoms with van der Waals surface area (Å²) in [6.45, 7) is 0. The molecule has 1 N–H and O–H groups in total. The Bertz CT molecular complexity index is 2240. The van der Waals surface area contributed by atoms with Crippen LogP contribution in [0.3, 0.4) is 0 Å². The number of hydrogen-bond donors (Lipinski definition) is 1. The molecule has 1 aliphatic heterocycles. The Morgan fingerprint density at radius 3 is 1.81 bits per heavy atom. The van der Waals surface area contributed by atoms with E-state index in [1.807, 2.05) is 12.3 Å². The maximum Gasteiger partial charge on any atom is 0.0695 e. The van der Waals surface area contributed by atoms with E-state index in [1.165, 1.54) is 82.4 Å². The van der Waals surface area contributed by atoms with Crippen LogP contribution in [-0.2, 0) is 0 Å².